The van der Waals surface area contributed by atoms with Gasteiger partial charge in [-0.25, -0.2) is 0 Å². The molecule has 0 amide bonds. The number of nitrogens with zero attached hydrogens (tertiary/aromatic N) is 1. The maximum absolute atomic E-state index is 7.12. The van der Waals surface area contributed by atoms with Gasteiger partial charge in [-0.3, -0.25) is 0 Å². The van der Waals surface area contributed by atoms with Crippen molar-refractivity contribution in [2.45, 2.75) is 5.41 Å². The molecule has 2 heteroatoms. The Kier molecular flexibility index (Phi) is 6.29. The Morgan fingerprint density at radius 3 is 1.55 bits per heavy atom. The van der Waals surface area contributed by atoms with Crippen molar-refractivity contribution < 1.29 is 4.42 Å². The van der Waals surface area contributed by atoms with Gasteiger partial charge in [0, 0.05) is 27.9 Å². The fraction of sp³-hybridized carbons (Fsp3) is 0.0189. The number of hydrogen-bond donors (Lipinski definition) is 0. The molecule has 0 atom stereocenters. The molecule has 0 saturated heterocycles. The molecular formula is C53H33NO. The SMILES string of the molecule is c1ccc(N(c2ccc3ccccc3c2)c2ccc3ccccc3c2)c(-c2cccc3c2-c2c(oc4ccccc24)C32c3ccccc3-c3ccccc32)c1. The van der Waals surface area contributed by atoms with E-state index in [-0.39, 0.29) is 0 Å². The lowest BCUT2D eigenvalue weighted by Gasteiger charge is -2.30. The van der Waals surface area contributed by atoms with Crippen LogP contribution in [0.3, 0.4) is 0 Å². The van der Waals surface area contributed by atoms with Gasteiger partial charge in [0.25, 0.3) is 0 Å². The maximum Gasteiger partial charge on any atom is 0.135 e. The number of hydrogen-bond acceptors (Lipinski definition) is 2. The highest BCUT2D eigenvalue weighted by Crippen LogP contribution is 2.66. The lowest BCUT2D eigenvalue weighted by atomic mass is 9.73. The Morgan fingerprint density at radius 2 is 0.873 bits per heavy atom. The standard InChI is InChI=1S/C53H33NO/c1-3-16-36-32-38(30-28-34(36)14-1)54(39-31-29-35-15-2-4-17-37(35)33-39)48-26-11-7-20-42(48)43-22-13-25-47-50(43)51-44-21-8-12-27-49(44)55-52(51)53(47)45-23-9-5-18-40(45)41-19-6-10-24-46(41)53/h1-33H. The summed E-state index contributed by atoms with van der Waals surface area (Å²) in [5.41, 5.74) is 14.8. The molecule has 0 unspecified atom stereocenters. The van der Waals surface area contributed by atoms with Crippen molar-refractivity contribution in [3.05, 3.63) is 223 Å². The molecular weight excluding hydrogens is 667 g/mol. The van der Waals surface area contributed by atoms with Crippen molar-refractivity contribution in [3.8, 4) is 33.4 Å². The number of anilines is 3. The van der Waals surface area contributed by atoms with Crippen LogP contribution in [0.1, 0.15) is 22.5 Å². The van der Waals surface area contributed by atoms with E-state index in [9.17, 15) is 0 Å². The van der Waals surface area contributed by atoms with E-state index in [4.69, 9.17) is 4.42 Å². The number of para-hydroxylation sites is 2. The molecule has 1 spiro atoms. The van der Waals surface area contributed by atoms with E-state index >= 15 is 0 Å². The fourth-order valence-corrected chi connectivity index (χ4v) is 9.76. The fourth-order valence-electron chi connectivity index (χ4n) is 9.76. The summed E-state index contributed by atoms with van der Waals surface area (Å²) in [7, 11) is 0. The third-order valence-corrected chi connectivity index (χ3v) is 12.0. The quantitative estimate of drug-likeness (QED) is 0.182. The molecule has 1 heterocycles. The molecule has 12 rings (SSSR count). The normalized spacial score (nSPS) is 13.2. The van der Waals surface area contributed by atoms with Crippen LogP contribution in [0, 0.1) is 0 Å². The monoisotopic (exact) mass is 699 g/mol. The van der Waals surface area contributed by atoms with Gasteiger partial charge in [0.1, 0.15) is 16.8 Å². The zero-order chi connectivity index (χ0) is 36.1. The lowest BCUT2D eigenvalue weighted by molar-refractivity contribution is 0.507. The van der Waals surface area contributed by atoms with Gasteiger partial charge < -0.3 is 9.32 Å². The molecule has 2 aliphatic carbocycles. The molecule has 1 aromatic heterocycles. The molecule has 256 valence electrons. The summed E-state index contributed by atoms with van der Waals surface area (Å²) < 4.78 is 7.12. The van der Waals surface area contributed by atoms with E-state index in [1.807, 2.05) is 0 Å². The van der Waals surface area contributed by atoms with Crippen LogP contribution in [0.4, 0.5) is 17.1 Å². The molecule has 2 nitrogen and oxygen atoms in total. The second kappa shape index (κ2) is 11.4. The minimum Gasteiger partial charge on any atom is -0.459 e. The van der Waals surface area contributed by atoms with Crippen molar-refractivity contribution in [3.63, 3.8) is 0 Å². The Balaban J connectivity index is 1.17. The minimum atomic E-state index is -0.585. The summed E-state index contributed by atoms with van der Waals surface area (Å²) >= 11 is 0. The van der Waals surface area contributed by atoms with Crippen LogP contribution in [0.25, 0.3) is 65.9 Å². The van der Waals surface area contributed by atoms with Crippen LogP contribution in [-0.4, -0.2) is 0 Å². The van der Waals surface area contributed by atoms with Gasteiger partial charge in [0.15, 0.2) is 0 Å². The average molecular weight is 700 g/mol. The molecule has 0 fully saturated rings. The van der Waals surface area contributed by atoms with Gasteiger partial charge in [0.05, 0.1) is 5.69 Å². The zero-order valence-corrected chi connectivity index (χ0v) is 29.9. The first-order valence-corrected chi connectivity index (χ1v) is 19.0. The van der Waals surface area contributed by atoms with Crippen molar-refractivity contribution in [1.29, 1.82) is 0 Å². The second-order valence-corrected chi connectivity index (χ2v) is 14.8. The van der Waals surface area contributed by atoms with Gasteiger partial charge in [-0.15, -0.1) is 0 Å². The lowest BCUT2D eigenvalue weighted by Crippen LogP contribution is -2.25. The first-order chi connectivity index (χ1) is 27.3. The van der Waals surface area contributed by atoms with Crippen molar-refractivity contribution in [2.24, 2.45) is 0 Å². The van der Waals surface area contributed by atoms with Gasteiger partial charge in [-0.2, -0.15) is 0 Å². The largest absolute Gasteiger partial charge is 0.459 e. The van der Waals surface area contributed by atoms with Crippen LogP contribution in [0.5, 0.6) is 0 Å². The second-order valence-electron chi connectivity index (χ2n) is 14.8. The van der Waals surface area contributed by atoms with Crippen LogP contribution in [-0.2, 0) is 5.41 Å². The molecule has 0 N–H and O–H groups in total. The van der Waals surface area contributed by atoms with Crippen molar-refractivity contribution >= 4 is 49.6 Å². The van der Waals surface area contributed by atoms with E-state index in [0.29, 0.717) is 0 Å². The van der Waals surface area contributed by atoms with Gasteiger partial charge in [0.2, 0.25) is 0 Å². The van der Waals surface area contributed by atoms with E-state index in [0.717, 1.165) is 39.4 Å². The first kappa shape index (κ1) is 30.3. The molecule has 9 aromatic carbocycles. The first-order valence-electron chi connectivity index (χ1n) is 19.0. The topological polar surface area (TPSA) is 16.4 Å². The summed E-state index contributed by atoms with van der Waals surface area (Å²) in [6.45, 7) is 0. The van der Waals surface area contributed by atoms with Crippen LogP contribution < -0.4 is 4.90 Å². The van der Waals surface area contributed by atoms with E-state index in [1.54, 1.807) is 0 Å². The molecule has 0 saturated carbocycles. The molecule has 2 aliphatic rings. The minimum absolute atomic E-state index is 0.585. The van der Waals surface area contributed by atoms with Crippen LogP contribution in [0.15, 0.2) is 205 Å². The highest BCUT2D eigenvalue weighted by molar-refractivity contribution is 6.10. The van der Waals surface area contributed by atoms with Gasteiger partial charge >= 0.3 is 0 Å². The smallest absolute Gasteiger partial charge is 0.135 e. The average Bonchev–Trinajstić information content (AvgIpc) is 3.88. The number of rotatable bonds is 4. The number of furan rings is 1. The highest BCUT2D eigenvalue weighted by atomic mass is 16.3. The maximum atomic E-state index is 7.12. The summed E-state index contributed by atoms with van der Waals surface area (Å²) in [5, 5.41) is 6.00. The third kappa shape index (κ3) is 4.14. The number of fused-ring (bicyclic) bond motifs is 14. The highest BCUT2D eigenvalue weighted by Gasteiger charge is 2.55. The van der Waals surface area contributed by atoms with Crippen LogP contribution in [0.2, 0.25) is 0 Å². The van der Waals surface area contributed by atoms with E-state index in [1.165, 1.54) is 66.1 Å². The summed E-state index contributed by atoms with van der Waals surface area (Å²) in [6, 6.07) is 73.1. The Bertz CT molecular complexity index is 3060. The molecule has 0 bridgehead atoms. The molecule has 10 aromatic rings. The zero-order valence-electron chi connectivity index (χ0n) is 29.9. The van der Waals surface area contributed by atoms with Crippen molar-refractivity contribution in [2.75, 3.05) is 4.90 Å². The predicted octanol–water partition coefficient (Wildman–Crippen LogP) is 14.2. The Morgan fingerprint density at radius 1 is 0.364 bits per heavy atom. The van der Waals surface area contributed by atoms with Crippen LogP contribution >= 0.6 is 0 Å². The summed E-state index contributed by atoms with van der Waals surface area (Å²) in [5.74, 6) is 1.01. The summed E-state index contributed by atoms with van der Waals surface area (Å²) in [6.07, 6.45) is 0. The van der Waals surface area contributed by atoms with Gasteiger partial charge in [-0.05, 0) is 96.9 Å². The predicted molar refractivity (Wildman–Crippen MR) is 228 cm³/mol. The Labute approximate surface area is 319 Å². The summed E-state index contributed by atoms with van der Waals surface area (Å²) in [4.78, 5) is 2.44. The molecule has 0 aliphatic heterocycles. The van der Waals surface area contributed by atoms with E-state index < -0.39 is 5.41 Å². The molecule has 0 radical (unpaired) electrons. The van der Waals surface area contributed by atoms with Crippen molar-refractivity contribution in [1.82, 2.24) is 0 Å². The van der Waals surface area contributed by atoms with Gasteiger partial charge in [-0.1, -0.05) is 164 Å². The van der Waals surface area contributed by atoms with E-state index in [2.05, 4.69) is 205 Å². The molecule has 55 heavy (non-hydrogen) atoms. The number of benzene rings is 9. The Hall–Kier alpha value is -7.16. The third-order valence-electron chi connectivity index (χ3n) is 12.0.